The third kappa shape index (κ3) is 2.69. The van der Waals surface area contributed by atoms with Crippen LogP contribution in [0.1, 0.15) is 28.7 Å². The minimum absolute atomic E-state index is 0.307. The number of fused-ring (bicyclic) bond motifs is 1. The number of benzene rings is 1. The molecule has 108 valence electrons. The zero-order chi connectivity index (χ0) is 14.8. The van der Waals surface area contributed by atoms with E-state index in [1.54, 1.807) is 29.5 Å². The summed E-state index contributed by atoms with van der Waals surface area (Å²) in [4.78, 5) is 15.8. The van der Waals surface area contributed by atoms with Crippen LogP contribution in [0.3, 0.4) is 0 Å². The number of carboxylic acid groups (broad SMARTS) is 1. The van der Waals surface area contributed by atoms with Gasteiger partial charge in [0.15, 0.2) is 0 Å². The average molecular weight is 300 g/mol. The quantitative estimate of drug-likeness (QED) is 0.783. The first-order chi connectivity index (χ1) is 10.2. The molecule has 2 heterocycles. The number of carbonyl (C=O) groups is 1. The molecular formula is C16H16N2O2S. The molecular weight excluding hydrogens is 284 g/mol. The zero-order valence-electron chi connectivity index (χ0n) is 11.7. The molecule has 0 amide bonds. The summed E-state index contributed by atoms with van der Waals surface area (Å²) in [6, 6.07) is 7.24. The molecule has 0 aliphatic carbocycles. The first-order valence-electron chi connectivity index (χ1n) is 6.92. The molecule has 0 aliphatic heterocycles. The minimum atomic E-state index is -0.902. The first kappa shape index (κ1) is 13.8. The van der Waals surface area contributed by atoms with Gasteiger partial charge in [-0.25, -0.2) is 9.78 Å². The smallest absolute Gasteiger partial charge is 0.335 e. The normalized spacial score (nSPS) is 11.1. The van der Waals surface area contributed by atoms with E-state index in [4.69, 9.17) is 5.11 Å². The van der Waals surface area contributed by atoms with Gasteiger partial charge in [-0.2, -0.15) is 11.3 Å². The number of carboxylic acids is 1. The Morgan fingerprint density at radius 3 is 2.90 bits per heavy atom. The molecule has 21 heavy (non-hydrogen) atoms. The first-order valence-corrected chi connectivity index (χ1v) is 7.87. The number of thiophene rings is 1. The van der Waals surface area contributed by atoms with Crippen LogP contribution in [0, 0.1) is 0 Å². The summed E-state index contributed by atoms with van der Waals surface area (Å²) >= 11 is 1.69. The summed E-state index contributed by atoms with van der Waals surface area (Å²) in [5, 5.41) is 13.4. The van der Waals surface area contributed by atoms with Gasteiger partial charge in [0.2, 0.25) is 0 Å². The maximum Gasteiger partial charge on any atom is 0.335 e. The topological polar surface area (TPSA) is 55.1 Å². The van der Waals surface area contributed by atoms with Crippen LogP contribution in [0.25, 0.3) is 11.0 Å². The number of imidazole rings is 1. The predicted molar refractivity (Wildman–Crippen MR) is 84.1 cm³/mol. The van der Waals surface area contributed by atoms with Gasteiger partial charge in [-0.05, 0) is 47.0 Å². The molecule has 3 aromatic rings. The summed E-state index contributed by atoms with van der Waals surface area (Å²) in [6.07, 6.45) is 1.76. The Kier molecular flexibility index (Phi) is 3.75. The molecule has 0 saturated carbocycles. The van der Waals surface area contributed by atoms with E-state index in [0.29, 0.717) is 5.56 Å². The third-order valence-corrected chi connectivity index (χ3v) is 4.33. The van der Waals surface area contributed by atoms with Gasteiger partial charge in [0.05, 0.1) is 16.6 Å². The summed E-state index contributed by atoms with van der Waals surface area (Å²) in [7, 11) is 0. The van der Waals surface area contributed by atoms with Crippen LogP contribution in [-0.4, -0.2) is 20.6 Å². The van der Waals surface area contributed by atoms with Gasteiger partial charge in [0, 0.05) is 13.0 Å². The van der Waals surface area contributed by atoms with Crippen LogP contribution in [0.4, 0.5) is 0 Å². The van der Waals surface area contributed by atoms with Crippen LogP contribution in [0.15, 0.2) is 35.0 Å². The van der Waals surface area contributed by atoms with E-state index in [1.165, 1.54) is 5.56 Å². The van der Waals surface area contributed by atoms with E-state index < -0.39 is 5.97 Å². The molecule has 0 bridgehead atoms. The van der Waals surface area contributed by atoms with Crippen molar-refractivity contribution in [2.45, 2.75) is 26.3 Å². The van der Waals surface area contributed by atoms with Crippen molar-refractivity contribution >= 4 is 28.3 Å². The number of aromatic nitrogens is 2. The number of nitrogens with zero attached hydrogens (tertiary/aromatic N) is 2. The van der Waals surface area contributed by atoms with Gasteiger partial charge in [0.25, 0.3) is 0 Å². The van der Waals surface area contributed by atoms with Crippen LogP contribution < -0.4 is 0 Å². The molecule has 0 fully saturated rings. The van der Waals surface area contributed by atoms with Gasteiger partial charge >= 0.3 is 5.97 Å². The van der Waals surface area contributed by atoms with Crippen molar-refractivity contribution < 1.29 is 9.90 Å². The van der Waals surface area contributed by atoms with Crippen molar-refractivity contribution in [2.75, 3.05) is 0 Å². The number of aryl methyl sites for hydroxylation is 3. The van der Waals surface area contributed by atoms with E-state index in [9.17, 15) is 4.79 Å². The number of aromatic carboxylic acids is 1. The molecule has 1 N–H and O–H groups in total. The lowest BCUT2D eigenvalue weighted by Crippen LogP contribution is -2.06. The Hall–Kier alpha value is -2.14. The zero-order valence-corrected chi connectivity index (χ0v) is 12.6. The molecule has 0 aliphatic rings. The highest BCUT2D eigenvalue weighted by Crippen LogP contribution is 2.20. The molecule has 2 aromatic heterocycles. The summed E-state index contributed by atoms with van der Waals surface area (Å²) < 4.78 is 2.14. The monoisotopic (exact) mass is 300 g/mol. The maximum atomic E-state index is 11.1. The molecule has 1 aromatic carbocycles. The molecule has 0 atom stereocenters. The second-order valence-electron chi connectivity index (χ2n) is 4.92. The highest BCUT2D eigenvalue weighted by atomic mass is 32.1. The Bertz CT molecular complexity index is 775. The van der Waals surface area contributed by atoms with E-state index in [0.717, 1.165) is 36.2 Å². The van der Waals surface area contributed by atoms with Gasteiger partial charge < -0.3 is 9.67 Å². The summed E-state index contributed by atoms with van der Waals surface area (Å²) in [5.41, 5.74) is 3.38. The fraction of sp³-hybridized carbons (Fsp3) is 0.250. The SMILES string of the molecule is CCc1nc2ccc(C(=O)O)cc2n1CCc1ccsc1. The molecule has 5 heteroatoms. The van der Waals surface area contributed by atoms with Gasteiger partial charge in [-0.15, -0.1) is 0 Å². The van der Waals surface area contributed by atoms with E-state index >= 15 is 0 Å². The van der Waals surface area contributed by atoms with E-state index in [2.05, 4.69) is 33.3 Å². The van der Waals surface area contributed by atoms with Crippen molar-refractivity contribution in [3.8, 4) is 0 Å². The molecule has 0 unspecified atom stereocenters. The maximum absolute atomic E-state index is 11.1. The predicted octanol–water partition coefficient (Wildman–Crippen LogP) is 3.60. The van der Waals surface area contributed by atoms with Crippen molar-refractivity contribution in [1.29, 1.82) is 0 Å². The molecule has 0 saturated heterocycles. The Labute approximate surface area is 126 Å². The van der Waals surface area contributed by atoms with Gasteiger partial charge in [-0.1, -0.05) is 6.92 Å². The number of hydrogen-bond donors (Lipinski definition) is 1. The van der Waals surface area contributed by atoms with E-state index in [-0.39, 0.29) is 0 Å². The van der Waals surface area contributed by atoms with Crippen LogP contribution in [0.5, 0.6) is 0 Å². The van der Waals surface area contributed by atoms with Crippen LogP contribution in [0.2, 0.25) is 0 Å². The largest absolute Gasteiger partial charge is 0.478 e. The minimum Gasteiger partial charge on any atom is -0.478 e. The van der Waals surface area contributed by atoms with Crippen molar-refractivity contribution in [3.63, 3.8) is 0 Å². The molecule has 0 spiro atoms. The summed E-state index contributed by atoms with van der Waals surface area (Å²) in [6.45, 7) is 2.89. The highest BCUT2D eigenvalue weighted by Gasteiger charge is 2.12. The Balaban J connectivity index is 2.00. The fourth-order valence-electron chi connectivity index (χ4n) is 2.50. The third-order valence-electron chi connectivity index (χ3n) is 3.59. The van der Waals surface area contributed by atoms with Crippen LogP contribution >= 0.6 is 11.3 Å². The van der Waals surface area contributed by atoms with Crippen molar-refractivity contribution in [1.82, 2.24) is 9.55 Å². The Morgan fingerprint density at radius 1 is 1.38 bits per heavy atom. The standard InChI is InChI=1S/C16H16N2O2S/c1-2-15-17-13-4-3-12(16(19)20)9-14(13)18(15)7-5-11-6-8-21-10-11/h3-4,6,8-10H,2,5,7H2,1H3,(H,19,20). The van der Waals surface area contributed by atoms with Crippen molar-refractivity contribution in [3.05, 3.63) is 52.0 Å². The lowest BCUT2D eigenvalue weighted by molar-refractivity contribution is 0.0697. The summed E-state index contributed by atoms with van der Waals surface area (Å²) in [5.74, 6) is 0.100. The number of hydrogen-bond acceptors (Lipinski definition) is 3. The van der Waals surface area contributed by atoms with Gasteiger partial charge in [-0.3, -0.25) is 0 Å². The van der Waals surface area contributed by atoms with Crippen LogP contribution in [-0.2, 0) is 19.4 Å². The highest BCUT2D eigenvalue weighted by molar-refractivity contribution is 7.07. The second-order valence-corrected chi connectivity index (χ2v) is 5.70. The average Bonchev–Trinajstić information content (AvgIpc) is 3.11. The number of rotatable bonds is 5. The lowest BCUT2D eigenvalue weighted by Gasteiger charge is -2.07. The lowest BCUT2D eigenvalue weighted by atomic mass is 10.2. The van der Waals surface area contributed by atoms with Gasteiger partial charge in [0.1, 0.15) is 5.82 Å². The second kappa shape index (κ2) is 5.69. The fourth-order valence-corrected chi connectivity index (χ4v) is 3.20. The molecule has 3 rings (SSSR count). The molecule has 0 radical (unpaired) electrons. The van der Waals surface area contributed by atoms with E-state index in [1.807, 2.05) is 0 Å². The Morgan fingerprint density at radius 2 is 2.24 bits per heavy atom. The van der Waals surface area contributed by atoms with Crippen molar-refractivity contribution in [2.24, 2.45) is 0 Å². The molecule has 4 nitrogen and oxygen atoms in total.